The van der Waals surface area contributed by atoms with Crippen LogP contribution >= 0.6 is 11.6 Å². The van der Waals surface area contributed by atoms with E-state index in [0.29, 0.717) is 6.54 Å². The SMILES string of the molecule is ClC(Cn1ncc2c1NC(Cc1ccccc1)=NC2NCc1ccccc1)c1ccccc1. The second kappa shape index (κ2) is 10.0. The molecular formula is C27H26ClN5. The first kappa shape index (κ1) is 21.4. The number of halogens is 1. The number of hydrogen-bond donors (Lipinski definition) is 2. The largest absolute Gasteiger partial charge is 0.328 e. The molecule has 0 saturated carbocycles. The molecule has 5 rings (SSSR count). The molecule has 1 aliphatic rings. The maximum Gasteiger partial charge on any atom is 0.136 e. The van der Waals surface area contributed by atoms with Gasteiger partial charge in [-0.3, -0.25) is 5.32 Å². The summed E-state index contributed by atoms with van der Waals surface area (Å²) in [5.41, 5.74) is 4.53. The lowest BCUT2D eigenvalue weighted by Gasteiger charge is -2.25. The van der Waals surface area contributed by atoms with Gasteiger partial charge in [-0.1, -0.05) is 91.0 Å². The van der Waals surface area contributed by atoms with Crippen molar-refractivity contribution >= 4 is 23.3 Å². The summed E-state index contributed by atoms with van der Waals surface area (Å²) in [5.74, 6) is 1.86. The average molecular weight is 456 g/mol. The molecule has 2 atom stereocenters. The van der Waals surface area contributed by atoms with E-state index in [-0.39, 0.29) is 11.5 Å². The minimum Gasteiger partial charge on any atom is -0.328 e. The first-order valence-electron chi connectivity index (χ1n) is 11.2. The van der Waals surface area contributed by atoms with E-state index in [9.17, 15) is 0 Å². The molecule has 0 fully saturated rings. The van der Waals surface area contributed by atoms with Crippen LogP contribution in [0.1, 0.15) is 33.8 Å². The Morgan fingerprint density at radius 2 is 1.52 bits per heavy atom. The van der Waals surface area contributed by atoms with Gasteiger partial charge in [0, 0.05) is 13.0 Å². The van der Waals surface area contributed by atoms with Gasteiger partial charge in [-0.2, -0.15) is 5.10 Å². The molecule has 0 amide bonds. The molecule has 1 aromatic heterocycles. The molecule has 2 unspecified atom stereocenters. The van der Waals surface area contributed by atoms with E-state index in [1.54, 1.807) is 0 Å². The van der Waals surface area contributed by atoms with E-state index < -0.39 is 0 Å². The summed E-state index contributed by atoms with van der Waals surface area (Å²) in [6.45, 7) is 1.29. The Kier molecular flexibility index (Phi) is 6.51. The van der Waals surface area contributed by atoms with Crippen LogP contribution in [0.4, 0.5) is 5.82 Å². The average Bonchev–Trinajstić information content (AvgIpc) is 3.27. The number of hydrogen-bond acceptors (Lipinski definition) is 4. The summed E-state index contributed by atoms with van der Waals surface area (Å²) in [6.07, 6.45) is 2.43. The third-order valence-electron chi connectivity index (χ3n) is 5.76. The summed E-state index contributed by atoms with van der Waals surface area (Å²) in [6, 6.07) is 30.9. The summed E-state index contributed by atoms with van der Waals surface area (Å²) in [7, 11) is 0. The number of fused-ring (bicyclic) bond motifs is 1. The van der Waals surface area contributed by atoms with Gasteiger partial charge >= 0.3 is 0 Å². The zero-order valence-corrected chi connectivity index (χ0v) is 19.0. The van der Waals surface area contributed by atoms with Gasteiger partial charge in [0.1, 0.15) is 17.8 Å². The van der Waals surface area contributed by atoms with Gasteiger partial charge in [-0.05, 0) is 16.7 Å². The molecular weight excluding hydrogens is 430 g/mol. The molecule has 0 bridgehead atoms. The molecule has 1 aliphatic heterocycles. The van der Waals surface area contributed by atoms with E-state index in [1.807, 2.05) is 53.3 Å². The Morgan fingerprint density at radius 3 is 2.21 bits per heavy atom. The topological polar surface area (TPSA) is 54.2 Å². The van der Waals surface area contributed by atoms with Crippen LogP contribution in [0.2, 0.25) is 0 Å². The monoisotopic (exact) mass is 455 g/mol. The van der Waals surface area contributed by atoms with Crippen molar-refractivity contribution in [3.05, 3.63) is 119 Å². The molecule has 2 heterocycles. The zero-order chi connectivity index (χ0) is 22.5. The van der Waals surface area contributed by atoms with Crippen molar-refractivity contribution in [1.29, 1.82) is 0 Å². The van der Waals surface area contributed by atoms with Crippen molar-refractivity contribution in [2.24, 2.45) is 4.99 Å². The minimum atomic E-state index is -0.181. The van der Waals surface area contributed by atoms with Crippen molar-refractivity contribution in [3.63, 3.8) is 0 Å². The van der Waals surface area contributed by atoms with Crippen molar-refractivity contribution in [2.45, 2.75) is 31.1 Å². The van der Waals surface area contributed by atoms with Gasteiger partial charge in [0.05, 0.1) is 23.7 Å². The van der Waals surface area contributed by atoms with E-state index in [1.165, 1.54) is 11.1 Å². The van der Waals surface area contributed by atoms with Crippen molar-refractivity contribution < 1.29 is 0 Å². The van der Waals surface area contributed by atoms with Crippen LogP contribution in [0.25, 0.3) is 0 Å². The number of aliphatic imine (C=N–C) groups is 1. The van der Waals surface area contributed by atoms with Crippen LogP contribution in [-0.2, 0) is 19.5 Å². The van der Waals surface area contributed by atoms with E-state index in [2.05, 4.69) is 64.3 Å². The normalized spacial score (nSPS) is 15.9. The molecule has 3 aromatic carbocycles. The lowest BCUT2D eigenvalue weighted by atomic mass is 10.1. The maximum atomic E-state index is 6.75. The highest BCUT2D eigenvalue weighted by molar-refractivity contribution is 6.20. The summed E-state index contributed by atoms with van der Waals surface area (Å²) in [5, 5.41) is 11.6. The number of anilines is 1. The van der Waals surface area contributed by atoms with Gasteiger partial charge in [-0.25, -0.2) is 9.67 Å². The van der Waals surface area contributed by atoms with Gasteiger partial charge in [0.2, 0.25) is 0 Å². The van der Waals surface area contributed by atoms with Crippen LogP contribution in [0.3, 0.4) is 0 Å². The summed E-state index contributed by atoms with van der Waals surface area (Å²) < 4.78 is 1.96. The number of rotatable bonds is 8. The highest BCUT2D eigenvalue weighted by atomic mass is 35.5. The van der Waals surface area contributed by atoms with Crippen LogP contribution < -0.4 is 10.6 Å². The van der Waals surface area contributed by atoms with Crippen LogP contribution in [0.15, 0.2) is 102 Å². The minimum absolute atomic E-state index is 0.177. The molecule has 4 aromatic rings. The van der Waals surface area contributed by atoms with Gasteiger partial charge in [0.25, 0.3) is 0 Å². The number of alkyl halides is 1. The standard InChI is InChI=1S/C27H26ClN5/c28-24(22-14-8-3-9-15-22)19-33-27-23(18-30-33)26(29-17-21-12-6-2-7-13-21)31-25(32-27)16-20-10-4-1-5-11-20/h1-15,18,24,26,29H,16-17,19H2,(H,31,32). The number of nitrogens with zero attached hydrogens (tertiary/aromatic N) is 3. The van der Waals surface area contributed by atoms with Crippen molar-refractivity contribution in [2.75, 3.05) is 5.32 Å². The Balaban J connectivity index is 1.40. The number of aromatic nitrogens is 2. The zero-order valence-electron chi connectivity index (χ0n) is 18.2. The van der Waals surface area contributed by atoms with Crippen LogP contribution in [-0.4, -0.2) is 15.6 Å². The molecule has 5 nitrogen and oxygen atoms in total. The predicted octanol–water partition coefficient (Wildman–Crippen LogP) is 5.72. The quantitative estimate of drug-likeness (QED) is 0.334. The molecule has 0 radical (unpaired) electrons. The van der Waals surface area contributed by atoms with Crippen LogP contribution in [0.5, 0.6) is 0 Å². The number of benzene rings is 3. The molecule has 0 saturated heterocycles. The Bertz CT molecular complexity index is 1210. The lowest BCUT2D eigenvalue weighted by molar-refractivity contribution is 0.548. The molecule has 0 spiro atoms. The first-order chi connectivity index (χ1) is 16.3. The third kappa shape index (κ3) is 5.16. The van der Waals surface area contributed by atoms with Gasteiger partial charge in [-0.15, -0.1) is 11.6 Å². The molecule has 2 N–H and O–H groups in total. The smallest absolute Gasteiger partial charge is 0.136 e. The summed E-state index contributed by atoms with van der Waals surface area (Å²) in [4.78, 5) is 4.99. The molecule has 166 valence electrons. The second-order valence-electron chi connectivity index (χ2n) is 8.14. The highest BCUT2D eigenvalue weighted by Gasteiger charge is 2.26. The fourth-order valence-corrected chi connectivity index (χ4v) is 4.31. The third-order valence-corrected chi connectivity index (χ3v) is 6.15. The van der Waals surface area contributed by atoms with Gasteiger partial charge in [0.15, 0.2) is 0 Å². The summed E-state index contributed by atoms with van der Waals surface area (Å²) >= 11 is 6.75. The fraction of sp³-hybridized carbons (Fsp3) is 0.185. The number of amidine groups is 1. The molecule has 0 aliphatic carbocycles. The fourth-order valence-electron chi connectivity index (χ4n) is 4.03. The lowest BCUT2D eigenvalue weighted by Crippen LogP contribution is -2.30. The highest BCUT2D eigenvalue weighted by Crippen LogP contribution is 2.31. The Labute approximate surface area is 199 Å². The Morgan fingerprint density at radius 1 is 0.879 bits per heavy atom. The maximum absolute atomic E-state index is 6.75. The molecule has 6 heteroatoms. The van der Waals surface area contributed by atoms with Crippen molar-refractivity contribution in [3.8, 4) is 0 Å². The van der Waals surface area contributed by atoms with Crippen molar-refractivity contribution in [1.82, 2.24) is 15.1 Å². The van der Waals surface area contributed by atoms with Crippen LogP contribution in [0, 0.1) is 0 Å². The Hall–Kier alpha value is -3.41. The molecule has 33 heavy (non-hydrogen) atoms. The first-order valence-corrected chi connectivity index (χ1v) is 11.6. The predicted molar refractivity (Wildman–Crippen MR) is 134 cm³/mol. The van der Waals surface area contributed by atoms with Gasteiger partial charge < -0.3 is 5.32 Å². The second-order valence-corrected chi connectivity index (χ2v) is 8.67. The van der Waals surface area contributed by atoms with E-state index in [0.717, 1.165) is 35.7 Å². The van der Waals surface area contributed by atoms with E-state index >= 15 is 0 Å². The number of nitrogens with one attached hydrogen (secondary N) is 2. The van der Waals surface area contributed by atoms with E-state index in [4.69, 9.17) is 16.6 Å².